The molecule has 1 heterocycles. The average Bonchev–Trinajstić information content (AvgIpc) is 3.01. The van der Waals surface area contributed by atoms with Crippen molar-refractivity contribution in [3.63, 3.8) is 0 Å². The van der Waals surface area contributed by atoms with Crippen LogP contribution in [0.25, 0.3) is 11.1 Å². The summed E-state index contributed by atoms with van der Waals surface area (Å²) in [5, 5.41) is 0. The molecule has 3 aromatic rings. The van der Waals surface area contributed by atoms with E-state index in [4.69, 9.17) is 0 Å². The molecule has 1 aliphatic rings. The molecular formula is C23H19NO. The number of carbonyl (C=O) groups is 1. The predicted molar refractivity (Wildman–Crippen MR) is 103 cm³/mol. The lowest BCUT2D eigenvalue weighted by molar-refractivity contribution is -0.112. The third kappa shape index (κ3) is 2.87. The van der Waals surface area contributed by atoms with Crippen molar-refractivity contribution < 1.29 is 4.79 Å². The highest BCUT2D eigenvalue weighted by Gasteiger charge is 2.32. The van der Waals surface area contributed by atoms with Crippen molar-refractivity contribution in [2.45, 2.75) is 6.92 Å². The fourth-order valence-corrected chi connectivity index (χ4v) is 3.28. The third-order valence-corrected chi connectivity index (χ3v) is 4.61. The molecule has 0 atom stereocenters. The van der Waals surface area contributed by atoms with Gasteiger partial charge in [-0.25, -0.2) is 0 Å². The van der Waals surface area contributed by atoms with Gasteiger partial charge in [-0.15, -0.1) is 0 Å². The molecular weight excluding hydrogens is 306 g/mol. The van der Waals surface area contributed by atoms with Gasteiger partial charge in [0.1, 0.15) is 0 Å². The molecule has 122 valence electrons. The van der Waals surface area contributed by atoms with Gasteiger partial charge in [0.2, 0.25) is 0 Å². The minimum absolute atomic E-state index is 0.0629. The minimum atomic E-state index is 0.0629. The Bertz CT molecular complexity index is 925. The van der Waals surface area contributed by atoms with E-state index in [0.29, 0.717) is 6.54 Å². The van der Waals surface area contributed by atoms with Crippen LogP contribution in [0.3, 0.4) is 0 Å². The van der Waals surface area contributed by atoms with Crippen LogP contribution in [0.4, 0.5) is 5.69 Å². The first-order valence-electron chi connectivity index (χ1n) is 8.46. The number of aryl methyl sites for hydroxylation is 1. The Labute approximate surface area is 148 Å². The molecule has 0 aromatic heterocycles. The first-order valence-corrected chi connectivity index (χ1v) is 8.46. The van der Waals surface area contributed by atoms with Gasteiger partial charge < -0.3 is 4.90 Å². The van der Waals surface area contributed by atoms with Crippen molar-refractivity contribution in [1.82, 2.24) is 0 Å². The smallest absolute Gasteiger partial charge is 0.259 e. The van der Waals surface area contributed by atoms with E-state index in [0.717, 1.165) is 28.0 Å². The summed E-state index contributed by atoms with van der Waals surface area (Å²) in [7, 11) is 0. The summed E-state index contributed by atoms with van der Waals surface area (Å²) in [4.78, 5) is 15.1. The van der Waals surface area contributed by atoms with Crippen LogP contribution in [0.5, 0.6) is 0 Å². The summed E-state index contributed by atoms with van der Waals surface area (Å²) in [5.41, 5.74) is 6.11. The van der Waals surface area contributed by atoms with Gasteiger partial charge in [0.05, 0.1) is 12.1 Å². The zero-order valence-corrected chi connectivity index (χ0v) is 14.1. The topological polar surface area (TPSA) is 20.3 Å². The molecule has 0 saturated carbocycles. The van der Waals surface area contributed by atoms with Crippen LogP contribution in [0, 0.1) is 6.92 Å². The highest BCUT2D eigenvalue weighted by atomic mass is 16.2. The van der Waals surface area contributed by atoms with E-state index in [1.54, 1.807) is 0 Å². The minimum Gasteiger partial charge on any atom is -0.304 e. The molecule has 2 nitrogen and oxygen atoms in total. The summed E-state index contributed by atoms with van der Waals surface area (Å²) in [6.45, 7) is 2.67. The van der Waals surface area contributed by atoms with E-state index < -0.39 is 0 Å². The monoisotopic (exact) mass is 325 g/mol. The van der Waals surface area contributed by atoms with Crippen molar-refractivity contribution in [2.75, 3.05) is 11.4 Å². The Morgan fingerprint density at radius 2 is 1.32 bits per heavy atom. The standard InChI is InChI=1S/C23H19NO/c1-17-12-14-18(15-13-17)21-16-24(20-10-6-3-7-11-20)23(25)22(21)19-8-4-2-5-9-19/h2-15H,16H2,1H3. The normalized spacial score (nSPS) is 14.3. The molecule has 0 saturated heterocycles. The van der Waals surface area contributed by atoms with E-state index in [1.807, 2.05) is 65.6 Å². The number of hydrogen-bond acceptors (Lipinski definition) is 1. The van der Waals surface area contributed by atoms with Gasteiger partial charge in [0.15, 0.2) is 0 Å². The second-order valence-corrected chi connectivity index (χ2v) is 6.31. The van der Waals surface area contributed by atoms with Gasteiger partial charge in [-0.1, -0.05) is 78.4 Å². The molecule has 0 spiro atoms. The summed E-state index contributed by atoms with van der Waals surface area (Å²) in [5.74, 6) is 0.0629. The van der Waals surface area contributed by atoms with Crippen molar-refractivity contribution in [1.29, 1.82) is 0 Å². The Hall–Kier alpha value is -3.13. The molecule has 0 aliphatic carbocycles. The van der Waals surface area contributed by atoms with E-state index in [-0.39, 0.29) is 5.91 Å². The van der Waals surface area contributed by atoms with Gasteiger partial charge >= 0.3 is 0 Å². The summed E-state index contributed by atoms with van der Waals surface area (Å²) < 4.78 is 0. The first-order chi connectivity index (χ1) is 12.2. The van der Waals surface area contributed by atoms with Gasteiger partial charge in [-0.3, -0.25) is 4.79 Å². The maximum Gasteiger partial charge on any atom is 0.259 e. The number of amides is 1. The fourth-order valence-electron chi connectivity index (χ4n) is 3.28. The molecule has 25 heavy (non-hydrogen) atoms. The van der Waals surface area contributed by atoms with E-state index in [2.05, 4.69) is 31.2 Å². The maximum absolute atomic E-state index is 13.2. The SMILES string of the molecule is Cc1ccc(C2=C(c3ccccc3)C(=O)N(c3ccccc3)C2)cc1. The lowest BCUT2D eigenvalue weighted by atomic mass is 9.96. The number of rotatable bonds is 3. The average molecular weight is 325 g/mol. The van der Waals surface area contributed by atoms with Crippen LogP contribution in [0.1, 0.15) is 16.7 Å². The van der Waals surface area contributed by atoms with Gasteiger partial charge in [0, 0.05) is 5.69 Å². The Kier molecular flexibility index (Phi) is 3.95. The number of nitrogens with zero attached hydrogens (tertiary/aromatic N) is 1. The largest absolute Gasteiger partial charge is 0.304 e. The van der Waals surface area contributed by atoms with Crippen molar-refractivity contribution in [2.24, 2.45) is 0 Å². The summed E-state index contributed by atoms with van der Waals surface area (Å²) in [6.07, 6.45) is 0. The summed E-state index contributed by atoms with van der Waals surface area (Å²) >= 11 is 0. The molecule has 0 unspecified atom stereocenters. The van der Waals surface area contributed by atoms with Crippen molar-refractivity contribution >= 4 is 22.7 Å². The van der Waals surface area contributed by atoms with Crippen LogP contribution in [0.15, 0.2) is 84.9 Å². The van der Waals surface area contributed by atoms with Gasteiger partial charge in [-0.2, -0.15) is 0 Å². The van der Waals surface area contributed by atoms with Gasteiger partial charge in [-0.05, 0) is 35.8 Å². The molecule has 0 fully saturated rings. The Morgan fingerprint density at radius 3 is 1.96 bits per heavy atom. The van der Waals surface area contributed by atoms with Crippen molar-refractivity contribution in [3.8, 4) is 0 Å². The summed E-state index contributed by atoms with van der Waals surface area (Å²) in [6, 6.07) is 28.2. The van der Waals surface area contributed by atoms with Crippen LogP contribution in [-0.4, -0.2) is 12.5 Å². The predicted octanol–water partition coefficient (Wildman–Crippen LogP) is 4.95. The highest BCUT2D eigenvalue weighted by molar-refractivity contribution is 6.36. The van der Waals surface area contributed by atoms with E-state index in [1.165, 1.54) is 5.56 Å². The number of anilines is 1. The Balaban J connectivity index is 1.84. The highest BCUT2D eigenvalue weighted by Crippen LogP contribution is 2.36. The van der Waals surface area contributed by atoms with Crippen LogP contribution in [-0.2, 0) is 4.79 Å². The molecule has 3 aromatic carbocycles. The second-order valence-electron chi connectivity index (χ2n) is 6.31. The molecule has 0 N–H and O–H groups in total. The molecule has 1 aliphatic heterocycles. The lowest BCUT2D eigenvalue weighted by Gasteiger charge is -2.17. The maximum atomic E-state index is 13.2. The number of carbonyl (C=O) groups excluding carboxylic acids is 1. The molecule has 1 amide bonds. The third-order valence-electron chi connectivity index (χ3n) is 4.61. The van der Waals surface area contributed by atoms with Crippen LogP contribution < -0.4 is 4.90 Å². The van der Waals surface area contributed by atoms with Gasteiger partial charge in [0.25, 0.3) is 5.91 Å². The molecule has 0 radical (unpaired) electrons. The number of benzene rings is 3. The molecule has 2 heteroatoms. The fraction of sp³-hybridized carbons (Fsp3) is 0.0870. The molecule has 4 rings (SSSR count). The van der Waals surface area contributed by atoms with Crippen molar-refractivity contribution in [3.05, 3.63) is 102 Å². The number of para-hydroxylation sites is 1. The first kappa shape index (κ1) is 15.4. The Morgan fingerprint density at radius 1 is 0.720 bits per heavy atom. The van der Waals surface area contributed by atoms with Crippen LogP contribution >= 0.6 is 0 Å². The van der Waals surface area contributed by atoms with E-state index >= 15 is 0 Å². The number of hydrogen-bond donors (Lipinski definition) is 0. The quantitative estimate of drug-likeness (QED) is 0.667. The van der Waals surface area contributed by atoms with E-state index in [9.17, 15) is 4.79 Å². The zero-order valence-electron chi connectivity index (χ0n) is 14.1. The lowest BCUT2D eigenvalue weighted by Crippen LogP contribution is -2.26. The molecule has 0 bridgehead atoms. The zero-order chi connectivity index (χ0) is 17.2. The second kappa shape index (κ2) is 6.40. The van der Waals surface area contributed by atoms with Crippen LogP contribution in [0.2, 0.25) is 0 Å².